The Kier molecular flexibility index (Phi) is 5.59. The highest BCUT2D eigenvalue weighted by molar-refractivity contribution is 7.90. The van der Waals surface area contributed by atoms with Crippen molar-refractivity contribution in [3.63, 3.8) is 0 Å². The zero-order valence-corrected chi connectivity index (χ0v) is 12.1. The van der Waals surface area contributed by atoms with E-state index in [9.17, 15) is 13.5 Å². The second-order valence-electron chi connectivity index (χ2n) is 5.44. The van der Waals surface area contributed by atoms with Gasteiger partial charge in [0.15, 0.2) is 0 Å². The Morgan fingerprint density at radius 3 is 2.39 bits per heavy atom. The van der Waals surface area contributed by atoms with Crippen LogP contribution < -0.4 is 0 Å². The Labute approximate surface area is 110 Å². The molecule has 0 radical (unpaired) electrons. The quantitative estimate of drug-likeness (QED) is 0.585. The lowest BCUT2D eigenvalue weighted by molar-refractivity contribution is 0.0791. The van der Waals surface area contributed by atoms with Crippen molar-refractivity contribution in [1.29, 1.82) is 0 Å². The third-order valence-electron chi connectivity index (χ3n) is 3.58. The molecule has 0 amide bonds. The predicted octanol–water partition coefficient (Wildman–Crippen LogP) is 1.24. The first-order valence-corrected chi connectivity index (χ1v) is 8.06. The van der Waals surface area contributed by atoms with Crippen molar-refractivity contribution in [2.24, 2.45) is 9.81 Å². The molecule has 0 spiro atoms. The maximum Gasteiger partial charge on any atom is 0.254 e. The van der Waals surface area contributed by atoms with E-state index >= 15 is 0 Å². The molecule has 18 heavy (non-hydrogen) atoms. The van der Waals surface area contributed by atoms with Gasteiger partial charge in [0.2, 0.25) is 0 Å². The van der Waals surface area contributed by atoms with E-state index in [1.54, 1.807) is 19.0 Å². The van der Waals surface area contributed by atoms with Gasteiger partial charge in [0, 0.05) is 20.7 Å². The third kappa shape index (κ3) is 4.94. The summed E-state index contributed by atoms with van der Waals surface area (Å²) in [4.78, 5) is 1.60. The lowest BCUT2D eigenvalue weighted by Gasteiger charge is -2.35. The molecule has 0 aliphatic heterocycles. The van der Waals surface area contributed by atoms with E-state index in [0.29, 0.717) is 6.42 Å². The smallest absolute Gasteiger partial charge is 0.254 e. The molecular weight excluding hydrogens is 252 g/mol. The summed E-state index contributed by atoms with van der Waals surface area (Å²) in [5.41, 5.74) is -0.195. The van der Waals surface area contributed by atoms with Gasteiger partial charge in [-0.25, -0.2) is 8.42 Å². The maximum absolute atomic E-state index is 11.7. The number of rotatable bonds is 6. The van der Waals surface area contributed by atoms with Gasteiger partial charge in [-0.1, -0.05) is 19.3 Å². The summed E-state index contributed by atoms with van der Waals surface area (Å²) in [6.45, 7) is 0.0832. The summed E-state index contributed by atoms with van der Waals surface area (Å²) in [6, 6.07) is 0. The average Bonchev–Trinajstić information content (AvgIpc) is 2.36. The van der Waals surface area contributed by atoms with E-state index in [0.717, 1.165) is 25.7 Å². The van der Waals surface area contributed by atoms with Crippen LogP contribution in [0.15, 0.2) is 4.40 Å². The van der Waals surface area contributed by atoms with Crippen LogP contribution in [0.1, 0.15) is 38.5 Å². The van der Waals surface area contributed by atoms with Crippen molar-refractivity contribution in [3.05, 3.63) is 0 Å². The molecule has 0 bridgehead atoms. The number of hydrogen-bond acceptors (Lipinski definition) is 3. The molecule has 1 N–H and O–H groups in total. The number of aliphatic hydroxyl groups is 1. The molecule has 5 nitrogen and oxygen atoms in total. The molecule has 106 valence electrons. The number of sulfonamides is 1. The van der Waals surface area contributed by atoms with Gasteiger partial charge in [-0.3, -0.25) is 0 Å². The van der Waals surface area contributed by atoms with Crippen LogP contribution in [0.5, 0.6) is 0 Å². The van der Waals surface area contributed by atoms with Gasteiger partial charge in [0.1, 0.15) is 6.34 Å². The van der Waals surface area contributed by atoms with Crippen molar-refractivity contribution in [3.8, 4) is 0 Å². The normalized spacial score (nSPS) is 20.2. The highest BCUT2D eigenvalue weighted by atomic mass is 32.2. The average molecular weight is 276 g/mol. The van der Waals surface area contributed by atoms with Crippen LogP contribution in [0.3, 0.4) is 0 Å². The van der Waals surface area contributed by atoms with Crippen molar-refractivity contribution in [1.82, 2.24) is 4.90 Å². The van der Waals surface area contributed by atoms with E-state index < -0.39 is 10.0 Å². The van der Waals surface area contributed by atoms with Crippen LogP contribution in [-0.4, -0.2) is 51.2 Å². The van der Waals surface area contributed by atoms with Crippen LogP contribution in [-0.2, 0) is 10.0 Å². The summed E-state index contributed by atoms with van der Waals surface area (Å²) in [7, 11) is 0.0555. The van der Waals surface area contributed by atoms with Crippen molar-refractivity contribution in [2.75, 3.05) is 26.5 Å². The molecule has 1 rings (SSSR count). The zero-order valence-electron chi connectivity index (χ0n) is 11.3. The summed E-state index contributed by atoms with van der Waals surface area (Å²) in [5, 5.41) is 9.52. The van der Waals surface area contributed by atoms with E-state index in [1.807, 2.05) is 0 Å². The SMILES string of the molecule is CN(C)C=NS(=O)(=O)CCC1(CO)CCCCC1. The molecule has 0 unspecified atom stereocenters. The van der Waals surface area contributed by atoms with Gasteiger partial charge in [-0.2, -0.15) is 4.40 Å². The van der Waals surface area contributed by atoms with Crippen LogP contribution >= 0.6 is 0 Å². The molecule has 1 aliphatic rings. The van der Waals surface area contributed by atoms with Crippen molar-refractivity contribution < 1.29 is 13.5 Å². The Morgan fingerprint density at radius 2 is 1.89 bits per heavy atom. The molecule has 1 aliphatic carbocycles. The van der Waals surface area contributed by atoms with Crippen molar-refractivity contribution in [2.45, 2.75) is 38.5 Å². The maximum atomic E-state index is 11.7. The van der Waals surface area contributed by atoms with E-state index in [4.69, 9.17) is 0 Å². The highest BCUT2D eigenvalue weighted by Gasteiger charge is 2.32. The zero-order chi connectivity index (χ0) is 13.6. The predicted molar refractivity (Wildman–Crippen MR) is 73.2 cm³/mol. The van der Waals surface area contributed by atoms with Crippen LogP contribution in [0.2, 0.25) is 0 Å². The van der Waals surface area contributed by atoms with E-state index in [1.165, 1.54) is 12.8 Å². The fourth-order valence-electron chi connectivity index (χ4n) is 2.35. The van der Waals surface area contributed by atoms with E-state index in [2.05, 4.69) is 4.40 Å². The first-order chi connectivity index (χ1) is 8.39. The lowest BCUT2D eigenvalue weighted by atomic mass is 9.73. The van der Waals surface area contributed by atoms with Gasteiger partial charge in [-0.05, 0) is 24.7 Å². The number of hydrogen-bond donors (Lipinski definition) is 1. The molecule has 0 aromatic heterocycles. The van der Waals surface area contributed by atoms with Gasteiger partial charge in [-0.15, -0.1) is 0 Å². The minimum absolute atomic E-state index is 0.0257. The first kappa shape index (κ1) is 15.4. The standard InChI is InChI=1S/C12H24N2O3S/c1-14(2)11-13-18(16,17)9-8-12(10-15)6-4-3-5-7-12/h11,15H,3-10H2,1-2H3. The fourth-order valence-corrected chi connectivity index (χ4v) is 3.48. The molecule has 0 aromatic carbocycles. The molecule has 0 atom stereocenters. The second kappa shape index (κ2) is 6.52. The second-order valence-corrected chi connectivity index (χ2v) is 7.22. The van der Waals surface area contributed by atoms with Gasteiger partial charge >= 0.3 is 0 Å². The summed E-state index contributed by atoms with van der Waals surface area (Å²) in [5.74, 6) is 0.0257. The largest absolute Gasteiger partial charge is 0.396 e. The van der Waals surface area contributed by atoms with Crippen molar-refractivity contribution >= 4 is 16.4 Å². The summed E-state index contributed by atoms with van der Waals surface area (Å²) >= 11 is 0. The highest BCUT2D eigenvalue weighted by Crippen LogP contribution is 2.39. The molecule has 0 heterocycles. The summed E-state index contributed by atoms with van der Waals surface area (Å²) < 4.78 is 27.1. The first-order valence-electron chi connectivity index (χ1n) is 6.45. The minimum atomic E-state index is -3.41. The molecule has 0 aromatic rings. The van der Waals surface area contributed by atoms with Gasteiger partial charge in [0.25, 0.3) is 10.0 Å². The van der Waals surface area contributed by atoms with Crippen LogP contribution in [0, 0.1) is 5.41 Å². The molecule has 6 heteroatoms. The minimum Gasteiger partial charge on any atom is -0.396 e. The Morgan fingerprint density at radius 1 is 1.28 bits per heavy atom. The third-order valence-corrected chi connectivity index (χ3v) is 4.71. The molecule has 1 fully saturated rings. The number of nitrogens with zero attached hydrogens (tertiary/aromatic N) is 2. The fraction of sp³-hybridized carbons (Fsp3) is 0.917. The Balaban J connectivity index is 2.57. The molecule has 1 saturated carbocycles. The van der Waals surface area contributed by atoms with Gasteiger partial charge < -0.3 is 10.0 Å². The topological polar surface area (TPSA) is 70.0 Å². The Hall–Kier alpha value is -0.620. The molecule has 0 saturated heterocycles. The Bertz CT molecular complexity index is 371. The number of aliphatic hydroxyl groups excluding tert-OH is 1. The van der Waals surface area contributed by atoms with Crippen LogP contribution in [0.25, 0.3) is 0 Å². The van der Waals surface area contributed by atoms with E-state index in [-0.39, 0.29) is 17.8 Å². The molecular formula is C12H24N2O3S. The van der Waals surface area contributed by atoms with Crippen LogP contribution in [0.4, 0.5) is 0 Å². The lowest BCUT2D eigenvalue weighted by Crippen LogP contribution is -2.30. The summed E-state index contributed by atoms with van der Waals surface area (Å²) in [6.07, 6.45) is 7.03. The monoisotopic (exact) mass is 276 g/mol. The van der Waals surface area contributed by atoms with Gasteiger partial charge in [0.05, 0.1) is 5.75 Å².